The van der Waals surface area contributed by atoms with Gasteiger partial charge in [-0.1, -0.05) is 0 Å². The molecule has 1 unspecified atom stereocenters. The topological polar surface area (TPSA) is 94.4 Å². The number of carboxylic acid groups (broad SMARTS) is 1. The SMILES string of the molecule is CCOc1cc(NC2CCC2)c(C)c(C(Nc2ccc(C#N)cc2)C(=O)O)c1. The highest BCUT2D eigenvalue weighted by Crippen LogP contribution is 2.34. The van der Waals surface area contributed by atoms with Gasteiger partial charge in [-0.15, -0.1) is 0 Å². The Morgan fingerprint density at radius 2 is 2.04 bits per heavy atom. The van der Waals surface area contributed by atoms with Crippen molar-refractivity contribution < 1.29 is 14.6 Å². The van der Waals surface area contributed by atoms with Crippen LogP contribution in [-0.4, -0.2) is 23.7 Å². The number of benzene rings is 2. The zero-order chi connectivity index (χ0) is 20.1. The van der Waals surface area contributed by atoms with Gasteiger partial charge in [0.05, 0.1) is 18.2 Å². The normalized spacial score (nSPS) is 14.5. The van der Waals surface area contributed by atoms with Crippen LogP contribution < -0.4 is 15.4 Å². The quantitative estimate of drug-likeness (QED) is 0.626. The van der Waals surface area contributed by atoms with Gasteiger partial charge in [0.2, 0.25) is 0 Å². The van der Waals surface area contributed by atoms with Crippen LogP contribution >= 0.6 is 0 Å². The molecular weight excluding hydrogens is 354 g/mol. The fourth-order valence-corrected chi connectivity index (χ4v) is 3.26. The molecule has 0 aromatic heterocycles. The molecule has 2 aromatic carbocycles. The molecule has 0 bridgehead atoms. The van der Waals surface area contributed by atoms with E-state index in [1.165, 1.54) is 6.42 Å². The van der Waals surface area contributed by atoms with Crippen LogP contribution in [0.1, 0.15) is 48.9 Å². The van der Waals surface area contributed by atoms with Crippen molar-refractivity contribution >= 4 is 17.3 Å². The highest BCUT2D eigenvalue weighted by Gasteiger charge is 2.25. The van der Waals surface area contributed by atoms with Crippen molar-refractivity contribution in [2.24, 2.45) is 0 Å². The third kappa shape index (κ3) is 4.37. The van der Waals surface area contributed by atoms with Gasteiger partial charge in [0.15, 0.2) is 6.04 Å². The lowest BCUT2D eigenvalue weighted by molar-refractivity contribution is -0.138. The van der Waals surface area contributed by atoms with E-state index in [4.69, 9.17) is 10.00 Å². The van der Waals surface area contributed by atoms with E-state index in [9.17, 15) is 9.90 Å². The fraction of sp³-hybridized carbons (Fsp3) is 0.364. The molecule has 0 amide bonds. The third-order valence-electron chi connectivity index (χ3n) is 5.08. The first kappa shape index (κ1) is 19.6. The summed E-state index contributed by atoms with van der Waals surface area (Å²) in [6, 6.07) is 12.0. The molecule has 0 radical (unpaired) electrons. The minimum absolute atomic E-state index is 0.429. The van der Waals surface area contributed by atoms with Gasteiger partial charge in [-0.3, -0.25) is 0 Å². The summed E-state index contributed by atoms with van der Waals surface area (Å²) in [5.41, 5.74) is 3.63. The van der Waals surface area contributed by atoms with Crippen molar-refractivity contribution in [1.29, 1.82) is 5.26 Å². The van der Waals surface area contributed by atoms with E-state index in [0.29, 0.717) is 35.2 Å². The maximum Gasteiger partial charge on any atom is 0.330 e. The second-order valence-corrected chi connectivity index (χ2v) is 6.99. The van der Waals surface area contributed by atoms with E-state index in [-0.39, 0.29) is 0 Å². The molecule has 3 N–H and O–H groups in total. The van der Waals surface area contributed by atoms with Gasteiger partial charge in [0.25, 0.3) is 0 Å². The number of anilines is 2. The lowest BCUT2D eigenvalue weighted by atomic mass is 9.91. The van der Waals surface area contributed by atoms with Gasteiger partial charge in [-0.25, -0.2) is 4.79 Å². The second kappa shape index (κ2) is 8.66. The summed E-state index contributed by atoms with van der Waals surface area (Å²) in [6.07, 6.45) is 3.46. The lowest BCUT2D eigenvalue weighted by Crippen LogP contribution is -2.28. The Hall–Kier alpha value is -3.20. The molecule has 1 aliphatic rings. The molecule has 146 valence electrons. The number of nitrogens with zero attached hydrogens (tertiary/aromatic N) is 1. The average molecular weight is 379 g/mol. The van der Waals surface area contributed by atoms with Crippen LogP contribution in [0, 0.1) is 18.3 Å². The molecule has 1 fully saturated rings. The smallest absolute Gasteiger partial charge is 0.330 e. The largest absolute Gasteiger partial charge is 0.494 e. The average Bonchev–Trinajstić information content (AvgIpc) is 2.65. The molecule has 1 aliphatic carbocycles. The molecular formula is C22H25N3O3. The van der Waals surface area contributed by atoms with Crippen molar-refractivity contribution in [2.45, 2.75) is 45.2 Å². The van der Waals surface area contributed by atoms with E-state index in [1.807, 2.05) is 19.9 Å². The Bertz CT molecular complexity index is 883. The number of nitrogens with one attached hydrogen (secondary N) is 2. The monoisotopic (exact) mass is 379 g/mol. The number of ether oxygens (including phenoxy) is 1. The predicted molar refractivity (Wildman–Crippen MR) is 109 cm³/mol. The maximum atomic E-state index is 12.1. The van der Waals surface area contributed by atoms with Crippen LogP contribution in [0.5, 0.6) is 5.75 Å². The summed E-state index contributed by atoms with van der Waals surface area (Å²) >= 11 is 0. The molecule has 6 nitrogen and oxygen atoms in total. The second-order valence-electron chi connectivity index (χ2n) is 6.99. The first-order valence-electron chi connectivity index (χ1n) is 9.55. The van der Waals surface area contributed by atoms with Crippen molar-refractivity contribution in [3.8, 4) is 11.8 Å². The summed E-state index contributed by atoms with van der Waals surface area (Å²) in [5, 5.41) is 25.4. The molecule has 1 atom stereocenters. The molecule has 3 rings (SSSR count). The van der Waals surface area contributed by atoms with Crippen LogP contribution in [0.3, 0.4) is 0 Å². The highest BCUT2D eigenvalue weighted by atomic mass is 16.5. The minimum Gasteiger partial charge on any atom is -0.494 e. The number of aliphatic carboxylic acids is 1. The van der Waals surface area contributed by atoms with Gasteiger partial charge in [0.1, 0.15) is 5.75 Å². The van der Waals surface area contributed by atoms with Crippen molar-refractivity contribution in [1.82, 2.24) is 0 Å². The van der Waals surface area contributed by atoms with Gasteiger partial charge >= 0.3 is 5.97 Å². The van der Waals surface area contributed by atoms with E-state index in [0.717, 1.165) is 24.1 Å². The van der Waals surface area contributed by atoms with Crippen LogP contribution in [0.25, 0.3) is 0 Å². The maximum absolute atomic E-state index is 12.1. The molecule has 0 saturated heterocycles. The van der Waals surface area contributed by atoms with Crippen molar-refractivity contribution in [3.63, 3.8) is 0 Å². The van der Waals surface area contributed by atoms with Gasteiger partial charge in [-0.05, 0) is 74.6 Å². The van der Waals surface area contributed by atoms with E-state index >= 15 is 0 Å². The standard InChI is InChI=1S/C22H25N3O3/c1-3-28-18-11-19(14(2)20(12-18)24-16-5-4-6-16)21(22(26)27)25-17-9-7-15(13-23)8-10-17/h7-12,16,21,24-25H,3-6H2,1-2H3,(H,26,27). The number of hydrogen-bond acceptors (Lipinski definition) is 5. The number of carbonyl (C=O) groups is 1. The number of nitriles is 1. The van der Waals surface area contributed by atoms with Crippen LogP contribution in [0.15, 0.2) is 36.4 Å². The Labute approximate surface area is 165 Å². The fourth-order valence-electron chi connectivity index (χ4n) is 3.26. The van der Waals surface area contributed by atoms with Gasteiger partial charge in [-0.2, -0.15) is 5.26 Å². The summed E-state index contributed by atoms with van der Waals surface area (Å²) in [6.45, 7) is 4.34. The van der Waals surface area contributed by atoms with Crippen molar-refractivity contribution in [2.75, 3.05) is 17.2 Å². The van der Waals surface area contributed by atoms with E-state index in [2.05, 4.69) is 16.7 Å². The van der Waals surface area contributed by atoms with Gasteiger partial charge < -0.3 is 20.5 Å². The number of hydrogen-bond donors (Lipinski definition) is 3. The summed E-state index contributed by atoms with van der Waals surface area (Å²) in [4.78, 5) is 12.1. The molecule has 0 heterocycles. The molecule has 6 heteroatoms. The van der Waals surface area contributed by atoms with Crippen molar-refractivity contribution in [3.05, 3.63) is 53.1 Å². The molecule has 0 aliphatic heterocycles. The van der Waals surface area contributed by atoms with Crippen LogP contribution in [-0.2, 0) is 4.79 Å². The first-order valence-corrected chi connectivity index (χ1v) is 9.55. The van der Waals surface area contributed by atoms with E-state index < -0.39 is 12.0 Å². The molecule has 28 heavy (non-hydrogen) atoms. The Morgan fingerprint density at radius 3 is 2.57 bits per heavy atom. The third-order valence-corrected chi connectivity index (χ3v) is 5.08. The Balaban J connectivity index is 1.95. The van der Waals surface area contributed by atoms with E-state index in [1.54, 1.807) is 30.3 Å². The zero-order valence-electron chi connectivity index (χ0n) is 16.2. The Morgan fingerprint density at radius 1 is 1.32 bits per heavy atom. The van der Waals surface area contributed by atoms with Crippen LogP contribution in [0.2, 0.25) is 0 Å². The number of carboxylic acids is 1. The minimum atomic E-state index is -0.976. The van der Waals surface area contributed by atoms with Gasteiger partial charge in [0, 0.05) is 23.5 Å². The Kier molecular flexibility index (Phi) is 6.05. The number of rotatable bonds is 8. The zero-order valence-corrected chi connectivity index (χ0v) is 16.2. The highest BCUT2D eigenvalue weighted by molar-refractivity contribution is 5.81. The molecule has 2 aromatic rings. The molecule has 1 saturated carbocycles. The predicted octanol–water partition coefficient (Wildman–Crippen LogP) is 4.47. The summed E-state index contributed by atoms with van der Waals surface area (Å²) in [5.74, 6) is -0.325. The van der Waals surface area contributed by atoms with Crippen LogP contribution in [0.4, 0.5) is 11.4 Å². The molecule has 0 spiro atoms. The first-order chi connectivity index (χ1) is 13.5. The lowest BCUT2D eigenvalue weighted by Gasteiger charge is -2.30. The summed E-state index contributed by atoms with van der Waals surface area (Å²) in [7, 11) is 0. The summed E-state index contributed by atoms with van der Waals surface area (Å²) < 4.78 is 5.69.